The summed E-state index contributed by atoms with van der Waals surface area (Å²) in [6.45, 7) is 4.34. The average Bonchev–Trinajstić information content (AvgIpc) is 2.20. The molecule has 0 fully saturated rings. The van der Waals surface area contributed by atoms with Gasteiger partial charge < -0.3 is 0 Å². The van der Waals surface area contributed by atoms with E-state index >= 15 is 0 Å². The molecule has 0 aliphatic heterocycles. The fourth-order valence-corrected chi connectivity index (χ4v) is 1.80. The van der Waals surface area contributed by atoms with Gasteiger partial charge in [0, 0.05) is 0 Å². The predicted molar refractivity (Wildman–Crippen MR) is 68.8 cm³/mol. The van der Waals surface area contributed by atoms with E-state index < -0.39 is 0 Å². The normalized spacial score (nSPS) is 13.3. The monoisotopic (exact) mass is 242 g/mol. The zero-order valence-electron chi connectivity index (χ0n) is 9.13. The number of benzene rings is 1. The maximum atomic E-state index is 5.95. The Kier molecular flexibility index (Phi) is 5.21. The third-order valence-corrected chi connectivity index (χ3v) is 2.98. The van der Waals surface area contributed by atoms with Crippen LogP contribution in [0.15, 0.2) is 30.4 Å². The predicted octanol–water partition coefficient (Wildman–Crippen LogP) is 5.14. The lowest BCUT2D eigenvalue weighted by Crippen LogP contribution is -1.95. The van der Waals surface area contributed by atoms with Gasteiger partial charge in [-0.15, -0.1) is 0 Å². The lowest BCUT2D eigenvalue weighted by molar-refractivity contribution is 0.720. The molecule has 0 aromatic heterocycles. The Morgan fingerprint density at radius 1 is 1.27 bits per heavy atom. The van der Waals surface area contributed by atoms with E-state index in [9.17, 15) is 0 Å². The highest BCUT2D eigenvalue weighted by atomic mass is 35.5. The second-order valence-corrected chi connectivity index (χ2v) is 4.58. The molecule has 0 amide bonds. The summed E-state index contributed by atoms with van der Waals surface area (Å²) in [7, 11) is 0. The second kappa shape index (κ2) is 6.19. The number of hydrogen-bond donors (Lipinski definition) is 0. The Hall–Kier alpha value is -0.460. The van der Waals surface area contributed by atoms with E-state index in [-0.39, 0.29) is 0 Å². The average molecular weight is 243 g/mol. The molecule has 0 radical (unpaired) electrons. The summed E-state index contributed by atoms with van der Waals surface area (Å²) < 4.78 is 0. The molecule has 1 rings (SSSR count). The number of rotatable bonds is 4. The third-order valence-electron chi connectivity index (χ3n) is 2.24. The molecular weight excluding hydrogens is 227 g/mol. The molecule has 1 atom stereocenters. The van der Waals surface area contributed by atoms with Crippen molar-refractivity contribution < 1.29 is 0 Å². The smallest absolute Gasteiger partial charge is 0.0595 e. The Morgan fingerprint density at radius 3 is 2.60 bits per heavy atom. The molecule has 0 heterocycles. The fourth-order valence-electron chi connectivity index (χ4n) is 1.47. The Morgan fingerprint density at radius 2 is 2.00 bits per heavy atom. The second-order valence-electron chi connectivity index (χ2n) is 3.77. The molecule has 82 valence electrons. The van der Waals surface area contributed by atoms with Gasteiger partial charge in [0.1, 0.15) is 0 Å². The first-order valence-electron chi connectivity index (χ1n) is 5.24. The van der Waals surface area contributed by atoms with Gasteiger partial charge in [0.25, 0.3) is 0 Å². The quantitative estimate of drug-likeness (QED) is 0.642. The first-order chi connectivity index (χ1) is 7.13. The van der Waals surface area contributed by atoms with Crippen LogP contribution in [0.25, 0.3) is 0 Å². The fraction of sp³-hybridized carbons (Fsp3) is 0.385. The van der Waals surface area contributed by atoms with Gasteiger partial charge in [0.05, 0.1) is 10.0 Å². The van der Waals surface area contributed by atoms with Gasteiger partial charge in [-0.25, -0.2) is 0 Å². The maximum Gasteiger partial charge on any atom is 0.0595 e. The van der Waals surface area contributed by atoms with Crippen molar-refractivity contribution in [1.29, 1.82) is 0 Å². The van der Waals surface area contributed by atoms with Crippen molar-refractivity contribution in [2.45, 2.75) is 26.7 Å². The van der Waals surface area contributed by atoms with Gasteiger partial charge in [-0.2, -0.15) is 0 Å². The minimum Gasteiger partial charge on any atom is -0.0885 e. The van der Waals surface area contributed by atoms with Crippen LogP contribution in [0.2, 0.25) is 10.0 Å². The first kappa shape index (κ1) is 12.6. The largest absolute Gasteiger partial charge is 0.0885 e. The van der Waals surface area contributed by atoms with E-state index in [1.54, 1.807) is 0 Å². The van der Waals surface area contributed by atoms with Crippen LogP contribution >= 0.6 is 23.2 Å². The molecule has 0 aliphatic rings. The van der Waals surface area contributed by atoms with Gasteiger partial charge in [-0.3, -0.25) is 0 Å². The van der Waals surface area contributed by atoms with E-state index in [1.165, 1.54) is 5.56 Å². The van der Waals surface area contributed by atoms with Crippen molar-refractivity contribution >= 4 is 23.2 Å². The molecule has 1 aromatic rings. The minimum absolute atomic E-state index is 0.544. The summed E-state index contributed by atoms with van der Waals surface area (Å²) in [6, 6.07) is 5.83. The van der Waals surface area contributed by atoms with Gasteiger partial charge in [0.2, 0.25) is 0 Å². The van der Waals surface area contributed by atoms with Crippen molar-refractivity contribution in [3.05, 3.63) is 46.0 Å². The van der Waals surface area contributed by atoms with Crippen LogP contribution in [-0.4, -0.2) is 0 Å². The van der Waals surface area contributed by atoms with Crippen molar-refractivity contribution in [3.8, 4) is 0 Å². The molecule has 1 unspecified atom stereocenters. The van der Waals surface area contributed by atoms with Gasteiger partial charge >= 0.3 is 0 Å². The third kappa shape index (κ3) is 4.27. The Bertz CT molecular complexity index is 342. The molecule has 15 heavy (non-hydrogen) atoms. The van der Waals surface area contributed by atoms with E-state index in [4.69, 9.17) is 23.2 Å². The molecule has 0 spiro atoms. The summed E-state index contributed by atoms with van der Waals surface area (Å²) in [4.78, 5) is 0. The van der Waals surface area contributed by atoms with Crippen LogP contribution in [0, 0.1) is 5.92 Å². The molecule has 1 aromatic carbocycles. The highest BCUT2D eigenvalue weighted by Gasteiger charge is 2.02. The highest BCUT2D eigenvalue weighted by molar-refractivity contribution is 6.42. The van der Waals surface area contributed by atoms with Crippen LogP contribution in [0.3, 0.4) is 0 Å². The standard InChI is InChI=1S/C13H16Cl2/c1-3-4-5-10(2)8-11-6-7-12(14)13(15)9-11/h4-7,9-10H,3,8H2,1-2H3/b5-4-. The summed E-state index contributed by atoms with van der Waals surface area (Å²) >= 11 is 11.8. The van der Waals surface area contributed by atoms with Crippen molar-refractivity contribution in [2.24, 2.45) is 5.92 Å². The number of halogens is 2. The number of allylic oxidation sites excluding steroid dienone is 2. The van der Waals surface area contributed by atoms with Crippen LogP contribution in [0.5, 0.6) is 0 Å². The van der Waals surface area contributed by atoms with E-state index in [0.717, 1.165) is 12.8 Å². The lowest BCUT2D eigenvalue weighted by atomic mass is 10.0. The molecule has 2 heteroatoms. The summed E-state index contributed by atoms with van der Waals surface area (Å²) in [6.07, 6.45) is 6.53. The topological polar surface area (TPSA) is 0 Å². The van der Waals surface area contributed by atoms with E-state index in [2.05, 4.69) is 26.0 Å². The minimum atomic E-state index is 0.544. The lowest BCUT2D eigenvalue weighted by Gasteiger charge is -2.07. The Labute approximate surface area is 102 Å². The van der Waals surface area contributed by atoms with Gasteiger partial charge in [-0.05, 0) is 36.5 Å². The Balaban J connectivity index is 2.64. The van der Waals surface area contributed by atoms with Crippen molar-refractivity contribution in [2.75, 3.05) is 0 Å². The highest BCUT2D eigenvalue weighted by Crippen LogP contribution is 2.24. The molecule has 0 saturated carbocycles. The summed E-state index contributed by atoms with van der Waals surface area (Å²) in [5.41, 5.74) is 1.23. The number of hydrogen-bond acceptors (Lipinski definition) is 0. The summed E-state index contributed by atoms with van der Waals surface area (Å²) in [5, 5.41) is 1.26. The molecule has 0 aliphatic carbocycles. The van der Waals surface area contributed by atoms with Crippen LogP contribution in [0.4, 0.5) is 0 Å². The zero-order valence-corrected chi connectivity index (χ0v) is 10.6. The molecular formula is C13H16Cl2. The first-order valence-corrected chi connectivity index (χ1v) is 5.99. The van der Waals surface area contributed by atoms with E-state index in [0.29, 0.717) is 16.0 Å². The van der Waals surface area contributed by atoms with Crippen LogP contribution in [0.1, 0.15) is 25.8 Å². The van der Waals surface area contributed by atoms with Crippen molar-refractivity contribution in [3.63, 3.8) is 0 Å². The molecule has 0 nitrogen and oxygen atoms in total. The van der Waals surface area contributed by atoms with E-state index in [1.807, 2.05) is 18.2 Å². The molecule has 0 N–H and O–H groups in total. The summed E-state index contributed by atoms with van der Waals surface area (Å²) in [5.74, 6) is 0.544. The van der Waals surface area contributed by atoms with Crippen LogP contribution < -0.4 is 0 Å². The van der Waals surface area contributed by atoms with Gasteiger partial charge in [0.15, 0.2) is 0 Å². The molecule has 0 saturated heterocycles. The maximum absolute atomic E-state index is 5.95. The SMILES string of the molecule is CC/C=C\C(C)Cc1ccc(Cl)c(Cl)c1. The van der Waals surface area contributed by atoms with Crippen LogP contribution in [-0.2, 0) is 6.42 Å². The molecule has 0 bridgehead atoms. The van der Waals surface area contributed by atoms with Crippen molar-refractivity contribution in [1.82, 2.24) is 0 Å². The van der Waals surface area contributed by atoms with Gasteiger partial charge in [-0.1, -0.05) is 55.3 Å². The zero-order chi connectivity index (χ0) is 11.3.